The van der Waals surface area contributed by atoms with Crippen LogP contribution in [0, 0.1) is 20.8 Å². The molecule has 0 bridgehead atoms. The van der Waals surface area contributed by atoms with E-state index in [1.807, 2.05) is 51.1 Å². The summed E-state index contributed by atoms with van der Waals surface area (Å²) in [5.41, 5.74) is 0.913. The molecule has 1 aliphatic heterocycles. The van der Waals surface area contributed by atoms with Crippen molar-refractivity contribution in [2.45, 2.75) is 32.7 Å². The minimum absolute atomic E-state index is 0.0732. The Balaban J connectivity index is 1.91. The van der Waals surface area contributed by atoms with E-state index in [1.165, 1.54) is 12.1 Å². The molecular weight excluding hydrogens is 389 g/mol. The van der Waals surface area contributed by atoms with Crippen molar-refractivity contribution in [1.29, 1.82) is 0 Å². The summed E-state index contributed by atoms with van der Waals surface area (Å²) in [6, 6.07) is 18.6. The fourth-order valence-electron chi connectivity index (χ4n) is 3.37. The normalized spacial score (nSPS) is 18.3. The van der Waals surface area contributed by atoms with Gasteiger partial charge in [0, 0.05) is 11.3 Å². The molecule has 0 amide bonds. The minimum atomic E-state index is -4.77. The quantitative estimate of drug-likeness (QED) is 0.540. The molecule has 0 fully saturated rings. The molecule has 1 unspecified atom stereocenters. The van der Waals surface area contributed by atoms with Crippen LogP contribution in [0.2, 0.25) is 0 Å². The highest BCUT2D eigenvalue weighted by Gasteiger charge is 2.61. The first-order chi connectivity index (χ1) is 14.2. The zero-order valence-electron chi connectivity index (χ0n) is 16.8. The first-order valence-electron chi connectivity index (χ1n) is 9.55. The number of aliphatic imine (C=N–C) groups is 1. The predicted octanol–water partition coefficient (Wildman–Crippen LogP) is 6.28. The summed E-state index contributed by atoms with van der Waals surface area (Å²) < 4.78 is 49.1. The maximum absolute atomic E-state index is 14.5. The molecule has 0 radical (unpaired) electrons. The van der Waals surface area contributed by atoms with E-state index >= 15 is 0 Å². The molecule has 6 heteroatoms. The number of hydrogen-bond acceptors (Lipinski definition) is 3. The molecule has 0 saturated carbocycles. The molecule has 3 aromatic rings. The molecule has 154 valence electrons. The SMILES string of the molecule is Cc1ccc(NC2=NC(c3ccc(C)cc3)(C(F)(F)F)Oc3cc(C)ccc32)cc1. The van der Waals surface area contributed by atoms with E-state index < -0.39 is 11.9 Å². The molecule has 0 saturated heterocycles. The summed E-state index contributed by atoms with van der Waals surface area (Å²) in [6.45, 7) is 5.57. The number of ether oxygens (including phenoxy) is 1. The van der Waals surface area contributed by atoms with Crippen molar-refractivity contribution in [2.24, 2.45) is 4.99 Å². The number of amidine groups is 1. The molecule has 1 aliphatic rings. The number of anilines is 1. The minimum Gasteiger partial charge on any atom is -0.452 e. The maximum Gasteiger partial charge on any atom is 0.455 e. The van der Waals surface area contributed by atoms with Crippen LogP contribution < -0.4 is 10.1 Å². The zero-order chi connectivity index (χ0) is 21.5. The Labute approximate surface area is 173 Å². The van der Waals surface area contributed by atoms with Crippen molar-refractivity contribution in [1.82, 2.24) is 0 Å². The van der Waals surface area contributed by atoms with Crippen molar-refractivity contribution in [3.63, 3.8) is 0 Å². The Morgan fingerprint density at radius 1 is 0.800 bits per heavy atom. The number of rotatable bonds is 2. The lowest BCUT2D eigenvalue weighted by molar-refractivity contribution is -0.252. The second-order valence-corrected chi connectivity index (χ2v) is 7.56. The van der Waals surface area contributed by atoms with E-state index in [0.29, 0.717) is 11.3 Å². The third kappa shape index (κ3) is 3.54. The molecule has 0 spiro atoms. The number of halogens is 3. The molecule has 0 aliphatic carbocycles. The Bertz CT molecular complexity index is 1100. The lowest BCUT2D eigenvalue weighted by Crippen LogP contribution is -2.49. The maximum atomic E-state index is 14.5. The summed E-state index contributed by atoms with van der Waals surface area (Å²) in [6.07, 6.45) is -4.77. The summed E-state index contributed by atoms with van der Waals surface area (Å²) >= 11 is 0. The van der Waals surface area contributed by atoms with Crippen molar-refractivity contribution in [3.8, 4) is 5.75 Å². The van der Waals surface area contributed by atoms with Crippen LogP contribution in [0.25, 0.3) is 0 Å². The second kappa shape index (κ2) is 7.20. The number of fused-ring (bicyclic) bond motifs is 1. The topological polar surface area (TPSA) is 33.6 Å². The van der Waals surface area contributed by atoms with Crippen LogP contribution in [0.5, 0.6) is 5.75 Å². The van der Waals surface area contributed by atoms with Crippen LogP contribution >= 0.6 is 0 Å². The molecule has 1 N–H and O–H groups in total. The van der Waals surface area contributed by atoms with E-state index in [1.54, 1.807) is 24.3 Å². The summed E-state index contributed by atoms with van der Waals surface area (Å²) in [7, 11) is 0. The number of nitrogens with one attached hydrogen (secondary N) is 1. The lowest BCUT2D eigenvalue weighted by Gasteiger charge is -2.37. The monoisotopic (exact) mass is 410 g/mol. The van der Waals surface area contributed by atoms with Gasteiger partial charge in [0.2, 0.25) is 0 Å². The van der Waals surface area contributed by atoms with Gasteiger partial charge in [0.05, 0.1) is 5.56 Å². The van der Waals surface area contributed by atoms with Crippen molar-refractivity contribution >= 4 is 11.5 Å². The Kier molecular flexibility index (Phi) is 4.80. The molecule has 30 heavy (non-hydrogen) atoms. The summed E-state index contributed by atoms with van der Waals surface area (Å²) in [4.78, 5) is 4.13. The molecule has 0 aromatic heterocycles. The van der Waals surface area contributed by atoms with Crippen molar-refractivity contribution in [3.05, 3.63) is 94.5 Å². The van der Waals surface area contributed by atoms with Crippen LogP contribution in [0.3, 0.4) is 0 Å². The number of alkyl halides is 3. The fraction of sp³-hybridized carbons (Fsp3) is 0.208. The van der Waals surface area contributed by atoms with Crippen LogP contribution in [0.15, 0.2) is 71.7 Å². The van der Waals surface area contributed by atoms with E-state index in [9.17, 15) is 13.2 Å². The smallest absolute Gasteiger partial charge is 0.452 e. The number of aryl methyl sites for hydroxylation is 3. The first kappa shape index (κ1) is 20.0. The standard InChI is InChI=1S/C24H21F3N2O/c1-15-4-9-18(10-5-15)23(24(25,26)27)29-22(28-19-11-6-16(2)7-12-19)20-13-8-17(3)14-21(20)30-23/h4-14H,1-3H3,(H,28,29). The molecule has 1 atom stereocenters. The Morgan fingerprint density at radius 3 is 1.97 bits per heavy atom. The average Bonchev–Trinajstić information content (AvgIpc) is 2.69. The summed E-state index contributed by atoms with van der Waals surface area (Å²) in [5, 5.41) is 3.06. The average molecular weight is 410 g/mol. The van der Waals surface area contributed by atoms with Gasteiger partial charge in [-0.05, 0) is 50.6 Å². The van der Waals surface area contributed by atoms with Crippen molar-refractivity contribution in [2.75, 3.05) is 5.32 Å². The van der Waals surface area contributed by atoms with Crippen LogP contribution in [0.1, 0.15) is 27.8 Å². The predicted molar refractivity (Wildman–Crippen MR) is 112 cm³/mol. The zero-order valence-corrected chi connectivity index (χ0v) is 16.8. The van der Waals surface area contributed by atoms with Gasteiger partial charge in [0.1, 0.15) is 11.6 Å². The van der Waals surface area contributed by atoms with E-state index in [0.717, 1.165) is 16.7 Å². The van der Waals surface area contributed by atoms with Gasteiger partial charge in [-0.25, -0.2) is 4.99 Å². The fourth-order valence-corrected chi connectivity index (χ4v) is 3.37. The highest BCUT2D eigenvalue weighted by atomic mass is 19.4. The Morgan fingerprint density at radius 2 is 1.37 bits per heavy atom. The van der Waals surface area contributed by atoms with Gasteiger partial charge in [0.25, 0.3) is 0 Å². The van der Waals surface area contributed by atoms with E-state index in [4.69, 9.17) is 4.74 Å². The molecule has 3 nitrogen and oxygen atoms in total. The van der Waals surface area contributed by atoms with Gasteiger partial charge in [-0.3, -0.25) is 0 Å². The van der Waals surface area contributed by atoms with Gasteiger partial charge in [-0.1, -0.05) is 53.6 Å². The third-order valence-electron chi connectivity index (χ3n) is 5.06. The van der Waals surface area contributed by atoms with E-state index in [2.05, 4.69) is 10.3 Å². The van der Waals surface area contributed by atoms with Crippen LogP contribution in [0.4, 0.5) is 18.9 Å². The van der Waals surface area contributed by atoms with Gasteiger partial charge in [0.15, 0.2) is 0 Å². The molecule has 3 aromatic carbocycles. The molecule has 4 rings (SSSR count). The third-order valence-corrected chi connectivity index (χ3v) is 5.06. The van der Waals surface area contributed by atoms with E-state index in [-0.39, 0.29) is 17.1 Å². The number of nitrogens with zero attached hydrogens (tertiary/aromatic N) is 1. The van der Waals surface area contributed by atoms with Crippen molar-refractivity contribution < 1.29 is 17.9 Å². The largest absolute Gasteiger partial charge is 0.455 e. The Hall–Kier alpha value is -3.28. The highest BCUT2D eigenvalue weighted by molar-refractivity contribution is 6.10. The van der Waals surface area contributed by atoms with Crippen LogP contribution in [-0.4, -0.2) is 12.0 Å². The number of benzene rings is 3. The summed E-state index contributed by atoms with van der Waals surface area (Å²) in [5.74, 6) is 0.246. The molecule has 1 heterocycles. The lowest BCUT2D eigenvalue weighted by atomic mass is 9.98. The second-order valence-electron chi connectivity index (χ2n) is 7.56. The first-order valence-corrected chi connectivity index (χ1v) is 9.55. The van der Waals surface area contributed by atoms with Gasteiger partial charge >= 0.3 is 11.9 Å². The molecular formula is C24H21F3N2O. The highest BCUT2D eigenvalue weighted by Crippen LogP contribution is 2.47. The van der Waals surface area contributed by atoms with Gasteiger partial charge in [-0.2, -0.15) is 13.2 Å². The van der Waals surface area contributed by atoms with Crippen LogP contribution in [-0.2, 0) is 5.72 Å². The van der Waals surface area contributed by atoms with Gasteiger partial charge in [-0.15, -0.1) is 0 Å². The van der Waals surface area contributed by atoms with Gasteiger partial charge < -0.3 is 10.1 Å². The number of hydrogen-bond donors (Lipinski definition) is 1.